The van der Waals surface area contributed by atoms with Crippen molar-refractivity contribution in [2.75, 3.05) is 33.4 Å². The predicted octanol–water partition coefficient (Wildman–Crippen LogP) is 0.488. The minimum Gasteiger partial charge on any atom is -0.478 e. The molecule has 1 saturated heterocycles. The molecule has 1 saturated carbocycles. The Balaban J connectivity index is 1.58. The number of hydrogen-bond acceptors (Lipinski definition) is 12. The first kappa shape index (κ1) is 33.3. The van der Waals surface area contributed by atoms with Gasteiger partial charge in [-0.15, -0.1) is 0 Å². The van der Waals surface area contributed by atoms with E-state index in [1.807, 2.05) is 6.08 Å². The standard InChI is InChI=1S/C32H43NO12/c1-42-30(41)23-16-43-31(45-32-28(38)27(37)26(36)24(15-35)44-32)22-12-19-5-3-2-4-18(19)6-7-20(25(22)23)10-17-11-21(29(39)40)14-33(13-17)8-9-34/h10-12,14,16,18,22,24-28,31-32,34-38H,2-9,13,15H2,1H3,(H,39,40). The lowest BCUT2D eigenvalue weighted by atomic mass is 9.69. The zero-order valence-electron chi connectivity index (χ0n) is 25.2. The first-order chi connectivity index (χ1) is 21.6. The fourth-order valence-corrected chi connectivity index (χ4v) is 7.06. The van der Waals surface area contributed by atoms with E-state index >= 15 is 0 Å². The molecule has 248 valence electrons. The van der Waals surface area contributed by atoms with Crippen molar-refractivity contribution in [2.45, 2.75) is 75.5 Å². The monoisotopic (exact) mass is 633 g/mol. The van der Waals surface area contributed by atoms with Gasteiger partial charge in [-0.2, -0.15) is 0 Å². The molecule has 5 rings (SSSR count). The van der Waals surface area contributed by atoms with Crippen molar-refractivity contribution in [2.24, 2.45) is 17.8 Å². The molecular formula is C32H43NO12. The molecule has 2 aliphatic carbocycles. The Morgan fingerprint density at radius 3 is 2.58 bits per heavy atom. The van der Waals surface area contributed by atoms with E-state index in [4.69, 9.17) is 18.9 Å². The molecule has 0 aromatic rings. The second kappa shape index (κ2) is 14.6. The van der Waals surface area contributed by atoms with E-state index in [1.165, 1.54) is 25.1 Å². The Bertz CT molecular complexity index is 1270. The minimum absolute atomic E-state index is 0.0675. The van der Waals surface area contributed by atoms with Crippen LogP contribution in [0.2, 0.25) is 0 Å². The summed E-state index contributed by atoms with van der Waals surface area (Å²) in [6, 6.07) is 0. The summed E-state index contributed by atoms with van der Waals surface area (Å²) < 4.78 is 22.9. The number of methoxy groups -OCH3 is 1. The fourth-order valence-electron chi connectivity index (χ4n) is 7.06. The number of aliphatic carboxylic acids is 1. The van der Waals surface area contributed by atoms with Crippen LogP contribution in [0.5, 0.6) is 0 Å². The number of carbonyl (C=O) groups is 2. The van der Waals surface area contributed by atoms with Gasteiger partial charge in [0.15, 0.2) is 6.29 Å². The third kappa shape index (κ3) is 7.19. The van der Waals surface area contributed by atoms with Crippen LogP contribution in [-0.4, -0.2) is 118 Å². The van der Waals surface area contributed by atoms with Crippen LogP contribution in [0.25, 0.3) is 0 Å². The number of esters is 1. The maximum absolute atomic E-state index is 13.2. The number of carboxylic acid groups (broad SMARTS) is 1. The van der Waals surface area contributed by atoms with Gasteiger partial charge in [0, 0.05) is 25.2 Å². The highest BCUT2D eigenvalue weighted by Crippen LogP contribution is 2.46. The molecule has 3 heterocycles. The number of aliphatic hydroxyl groups is 5. The van der Waals surface area contributed by atoms with Crippen molar-refractivity contribution in [1.82, 2.24) is 4.90 Å². The second-order valence-electron chi connectivity index (χ2n) is 12.2. The Kier molecular flexibility index (Phi) is 10.8. The number of carbonyl (C=O) groups excluding carboxylic acids is 1. The van der Waals surface area contributed by atoms with Gasteiger partial charge >= 0.3 is 11.9 Å². The van der Waals surface area contributed by atoms with Crippen molar-refractivity contribution in [3.05, 3.63) is 58.6 Å². The van der Waals surface area contributed by atoms with Gasteiger partial charge in [0.25, 0.3) is 0 Å². The van der Waals surface area contributed by atoms with E-state index in [2.05, 4.69) is 6.08 Å². The molecule has 0 bridgehead atoms. The normalized spacial score (nSPS) is 36.2. The van der Waals surface area contributed by atoms with Crippen LogP contribution in [0.4, 0.5) is 0 Å². The molecule has 0 radical (unpaired) electrons. The van der Waals surface area contributed by atoms with E-state index in [9.17, 15) is 40.2 Å². The van der Waals surface area contributed by atoms with Gasteiger partial charge in [-0.1, -0.05) is 29.7 Å². The number of hydrogen-bond donors (Lipinski definition) is 6. The molecule has 5 aliphatic rings. The van der Waals surface area contributed by atoms with Crippen LogP contribution < -0.4 is 0 Å². The van der Waals surface area contributed by atoms with Crippen LogP contribution in [0, 0.1) is 17.8 Å². The SMILES string of the molecule is COC(=O)C1=COC(OC2OC(CO)C(O)C(O)C2O)C2C=C3CCCCC3CCC(=CC3=CC(C(=O)O)=CN(CCO)C3)C12. The van der Waals surface area contributed by atoms with E-state index < -0.39 is 67.4 Å². The summed E-state index contributed by atoms with van der Waals surface area (Å²) in [5.41, 5.74) is 3.05. The Morgan fingerprint density at radius 1 is 1.07 bits per heavy atom. The van der Waals surface area contributed by atoms with E-state index in [0.717, 1.165) is 37.7 Å². The molecule has 13 nitrogen and oxygen atoms in total. The molecule has 13 heteroatoms. The number of allylic oxidation sites excluding steroid dienone is 2. The number of carboxylic acids is 1. The highest BCUT2D eigenvalue weighted by Gasteiger charge is 2.49. The van der Waals surface area contributed by atoms with Crippen molar-refractivity contribution in [3.8, 4) is 0 Å². The van der Waals surface area contributed by atoms with Crippen molar-refractivity contribution >= 4 is 11.9 Å². The maximum Gasteiger partial charge on any atom is 0.337 e. The van der Waals surface area contributed by atoms with Crippen LogP contribution >= 0.6 is 0 Å². The van der Waals surface area contributed by atoms with Crippen LogP contribution in [0.15, 0.2) is 58.6 Å². The van der Waals surface area contributed by atoms with E-state index in [0.29, 0.717) is 18.5 Å². The molecule has 45 heavy (non-hydrogen) atoms. The van der Waals surface area contributed by atoms with Crippen molar-refractivity contribution in [3.63, 3.8) is 0 Å². The fraction of sp³-hybridized carbons (Fsp3) is 0.625. The van der Waals surface area contributed by atoms with Crippen molar-refractivity contribution < 1.29 is 59.2 Å². The Labute approximate surface area is 261 Å². The summed E-state index contributed by atoms with van der Waals surface area (Å²) in [5.74, 6) is -2.67. The predicted molar refractivity (Wildman–Crippen MR) is 157 cm³/mol. The smallest absolute Gasteiger partial charge is 0.337 e. The average Bonchev–Trinajstić information content (AvgIpc) is 3.03. The number of ether oxygens (including phenoxy) is 4. The molecule has 9 atom stereocenters. The molecule has 0 aromatic heterocycles. The van der Waals surface area contributed by atoms with Crippen LogP contribution in [0.3, 0.4) is 0 Å². The molecule has 0 amide bonds. The first-order valence-corrected chi connectivity index (χ1v) is 15.5. The first-order valence-electron chi connectivity index (χ1n) is 15.5. The second-order valence-corrected chi connectivity index (χ2v) is 12.2. The van der Waals surface area contributed by atoms with Gasteiger partial charge in [-0.05, 0) is 49.7 Å². The zero-order valence-corrected chi connectivity index (χ0v) is 25.2. The summed E-state index contributed by atoms with van der Waals surface area (Å²) in [6.07, 6.45) is 5.09. The lowest BCUT2D eigenvalue weighted by Gasteiger charge is -2.44. The highest BCUT2D eigenvalue weighted by atomic mass is 16.8. The summed E-state index contributed by atoms with van der Waals surface area (Å²) in [5, 5.41) is 60.3. The number of aliphatic hydroxyl groups excluding tert-OH is 5. The Hall–Kier alpha value is -3.04. The minimum atomic E-state index is -1.65. The van der Waals surface area contributed by atoms with Crippen molar-refractivity contribution in [1.29, 1.82) is 0 Å². The quantitative estimate of drug-likeness (QED) is 0.160. The Morgan fingerprint density at radius 2 is 1.87 bits per heavy atom. The zero-order chi connectivity index (χ0) is 32.2. The number of nitrogens with zero attached hydrogens (tertiary/aromatic N) is 1. The summed E-state index contributed by atoms with van der Waals surface area (Å²) in [4.78, 5) is 26.8. The van der Waals surface area contributed by atoms with Gasteiger partial charge in [0.2, 0.25) is 6.29 Å². The maximum atomic E-state index is 13.2. The van der Waals surface area contributed by atoms with Crippen LogP contribution in [0.1, 0.15) is 38.5 Å². The van der Waals surface area contributed by atoms with E-state index in [-0.39, 0.29) is 30.2 Å². The number of rotatable bonds is 8. The molecule has 2 fully saturated rings. The molecule has 3 aliphatic heterocycles. The summed E-state index contributed by atoms with van der Waals surface area (Å²) >= 11 is 0. The van der Waals surface area contributed by atoms with Gasteiger partial charge in [-0.25, -0.2) is 9.59 Å². The molecule has 9 unspecified atom stereocenters. The van der Waals surface area contributed by atoms with Gasteiger partial charge < -0.3 is 54.5 Å². The van der Waals surface area contributed by atoms with Gasteiger partial charge in [-0.3, -0.25) is 0 Å². The molecule has 0 aromatic carbocycles. The largest absolute Gasteiger partial charge is 0.478 e. The lowest BCUT2D eigenvalue weighted by Crippen LogP contribution is -2.60. The summed E-state index contributed by atoms with van der Waals surface area (Å²) in [6.45, 7) is -0.186. The summed E-state index contributed by atoms with van der Waals surface area (Å²) in [7, 11) is 1.27. The van der Waals surface area contributed by atoms with Gasteiger partial charge in [0.05, 0.1) is 43.6 Å². The number of β-amino-alcohol motifs (C(OH)–C–C–N with tert-alkyl or cyclic N) is 1. The molecule has 6 N–H and O–H groups in total. The number of fused-ring (bicyclic) bond motifs is 2. The van der Waals surface area contributed by atoms with E-state index in [1.54, 1.807) is 11.0 Å². The highest BCUT2D eigenvalue weighted by molar-refractivity contribution is 5.91. The molecule has 0 spiro atoms. The topological polar surface area (TPSA) is 196 Å². The third-order valence-electron chi connectivity index (χ3n) is 9.33. The van der Waals surface area contributed by atoms with Crippen LogP contribution in [-0.2, 0) is 28.5 Å². The third-order valence-corrected chi connectivity index (χ3v) is 9.33. The molecular weight excluding hydrogens is 590 g/mol. The average molecular weight is 634 g/mol. The lowest BCUT2D eigenvalue weighted by molar-refractivity contribution is -0.339. The van der Waals surface area contributed by atoms with Gasteiger partial charge in [0.1, 0.15) is 24.4 Å².